The molecule has 2 rings (SSSR count). The van der Waals surface area contributed by atoms with E-state index in [9.17, 15) is 0 Å². The summed E-state index contributed by atoms with van der Waals surface area (Å²) in [6.45, 7) is 2.93. The second kappa shape index (κ2) is 2.12. The summed E-state index contributed by atoms with van der Waals surface area (Å²) in [6.07, 6.45) is 3.84. The van der Waals surface area contributed by atoms with Crippen molar-refractivity contribution in [1.82, 2.24) is 10.1 Å². The van der Waals surface area contributed by atoms with Crippen LogP contribution >= 0.6 is 0 Å². The molecule has 0 amide bonds. The Labute approximate surface area is 65.3 Å². The molecule has 0 radical (unpaired) electrons. The van der Waals surface area contributed by atoms with Crippen LogP contribution in [0.4, 0.5) is 0 Å². The predicted molar refractivity (Wildman–Crippen MR) is 41.6 cm³/mol. The number of nitrogens with zero attached hydrogens (tertiary/aromatic N) is 2. The third-order valence-electron chi connectivity index (χ3n) is 1.84. The third-order valence-corrected chi connectivity index (χ3v) is 1.84. The van der Waals surface area contributed by atoms with Gasteiger partial charge >= 0.3 is 0 Å². The van der Waals surface area contributed by atoms with Crippen LogP contribution in [-0.2, 0) is 6.54 Å². The molecule has 0 aliphatic carbocycles. The van der Waals surface area contributed by atoms with Crippen LogP contribution in [-0.4, -0.2) is 17.1 Å². The minimum absolute atomic E-state index is 0.899. The summed E-state index contributed by atoms with van der Waals surface area (Å²) in [5.74, 6) is 0.933. The molecule has 0 N–H and O–H groups in total. The Balaban J connectivity index is 2.50. The van der Waals surface area contributed by atoms with Gasteiger partial charge in [-0.3, -0.25) is 0 Å². The van der Waals surface area contributed by atoms with Crippen molar-refractivity contribution in [2.45, 2.75) is 13.5 Å². The second-order valence-corrected chi connectivity index (χ2v) is 2.91. The van der Waals surface area contributed by atoms with Gasteiger partial charge < -0.3 is 9.42 Å². The van der Waals surface area contributed by atoms with Crippen molar-refractivity contribution in [3.63, 3.8) is 0 Å². The summed E-state index contributed by atoms with van der Waals surface area (Å²) in [5.41, 5.74) is 2.32. The maximum atomic E-state index is 5.07. The van der Waals surface area contributed by atoms with Gasteiger partial charge in [-0.25, -0.2) is 0 Å². The van der Waals surface area contributed by atoms with Gasteiger partial charge in [-0.15, -0.1) is 0 Å². The van der Waals surface area contributed by atoms with E-state index in [1.807, 2.05) is 14.0 Å². The quantitative estimate of drug-likeness (QED) is 0.561. The van der Waals surface area contributed by atoms with Crippen LogP contribution in [0.25, 0.3) is 5.57 Å². The Kier molecular flexibility index (Phi) is 1.24. The maximum absolute atomic E-state index is 5.07. The van der Waals surface area contributed by atoms with E-state index in [1.165, 1.54) is 5.56 Å². The molecule has 0 atom stereocenters. The molecule has 58 valence electrons. The second-order valence-electron chi connectivity index (χ2n) is 2.91. The molecule has 11 heavy (non-hydrogen) atoms. The number of hydrogen-bond donors (Lipinski definition) is 0. The number of rotatable bonds is 0. The zero-order chi connectivity index (χ0) is 7.84. The minimum atomic E-state index is 0.899. The summed E-state index contributed by atoms with van der Waals surface area (Å²) in [4.78, 5) is 2.12. The molecule has 1 aliphatic rings. The van der Waals surface area contributed by atoms with Crippen LogP contribution in [0.5, 0.6) is 0 Å². The summed E-state index contributed by atoms with van der Waals surface area (Å²) in [6, 6.07) is 0. The van der Waals surface area contributed by atoms with Gasteiger partial charge in [-0.05, 0) is 6.92 Å². The molecule has 3 heteroatoms. The highest BCUT2D eigenvalue weighted by Gasteiger charge is 2.15. The lowest BCUT2D eigenvalue weighted by Gasteiger charge is -2.18. The van der Waals surface area contributed by atoms with Crippen LogP contribution in [0.1, 0.15) is 18.2 Å². The van der Waals surface area contributed by atoms with E-state index in [0.717, 1.165) is 17.9 Å². The molecule has 0 unspecified atom stereocenters. The molecule has 1 aromatic heterocycles. The zero-order valence-corrected chi connectivity index (χ0v) is 6.66. The average molecular weight is 150 g/mol. The summed E-state index contributed by atoms with van der Waals surface area (Å²) >= 11 is 0. The highest BCUT2D eigenvalue weighted by molar-refractivity contribution is 5.62. The first kappa shape index (κ1) is 6.46. The predicted octanol–water partition coefficient (Wildman–Crippen LogP) is 1.48. The minimum Gasteiger partial charge on any atom is -0.376 e. The molecule has 0 aromatic carbocycles. The number of hydrogen-bond acceptors (Lipinski definition) is 3. The number of fused-ring (bicyclic) bond motifs is 1. The van der Waals surface area contributed by atoms with E-state index in [2.05, 4.69) is 16.3 Å². The van der Waals surface area contributed by atoms with Crippen LogP contribution in [0.15, 0.2) is 16.9 Å². The fraction of sp³-hybridized carbons (Fsp3) is 0.375. The van der Waals surface area contributed by atoms with E-state index >= 15 is 0 Å². The van der Waals surface area contributed by atoms with Crippen LogP contribution in [0.3, 0.4) is 0 Å². The Morgan fingerprint density at radius 2 is 2.45 bits per heavy atom. The van der Waals surface area contributed by atoms with Gasteiger partial charge in [-0.2, -0.15) is 0 Å². The lowest BCUT2D eigenvalue weighted by Crippen LogP contribution is -2.14. The van der Waals surface area contributed by atoms with Crippen molar-refractivity contribution in [3.8, 4) is 0 Å². The van der Waals surface area contributed by atoms with Crippen molar-refractivity contribution >= 4 is 5.57 Å². The largest absolute Gasteiger partial charge is 0.376 e. The fourth-order valence-corrected chi connectivity index (χ4v) is 1.40. The molecule has 2 heterocycles. The Morgan fingerprint density at radius 1 is 1.64 bits per heavy atom. The molecule has 0 bridgehead atoms. The molecule has 0 saturated heterocycles. The normalized spacial score (nSPS) is 16.2. The summed E-state index contributed by atoms with van der Waals surface area (Å²) in [5, 5.41) is 3.75. The maximum Gasteiger partial charge on any atom is 0.168 e. The van der Waals surface area contributed by atoms with E-state index in [0.29, 0.717) is 0 Å². The smallest absolute Gasteiger partial charge is 0.168 e. The zero-order valence-electron chi connectivity index (χ0n) is 6.66. The first-order chi connectivity index (χ1) is 5.27. The average Bonchev–Trinajstić information content (AvgIpc) is 2.34. The molecule has 0 saturated carbocycles. The fourth-order valence-electron chi connectivity index (χ4n) is 1.40. The van der Waals surface area contributed by atoms with Gasteiger partial charge in [0.05, 0.1) is 6.20 Å². The van der Waals surface area contributed by atoms with E-state index < -0.39 is 0 Å². The van der Waals surface area contributed by atoms with Crippen LogP contribution < -0.4 is 0 Å². The summed E-state index contributed by atoms with van der Waals surface area (Å²) < 4.78 is 5.07. The van der Waals surface area contributed by atoms with Gasteiger partial charge in [0.25, 0.3) is 0 Å². The summed E-state index contributed by atoms with van der Waals surface area (Å²) in [7, 11) is 2.04. The molecule has 3 nitrogen and oxygen atoms in total. The van der Waals surface area contributed by atoms with E-state index in [-0.39, 0.29) is 0 Å². The molecular formula is C8H10N2O. The highest BCUT2D eigenvalue weighted by atomic mass is 16.5. The monoisotopic (exact) mass is 150 g/mol. The van der Waals surface area contributed by atoms with Crippen molar-refractivity contribution in [2.24, 2.45) is 0 Å². The molecule has 1 aliphatic heterocycles. The van der Waals surface area contributed by atoms with Gasteiger partial charge in [0.2, 0.25) is 0 Å². The van der Waals surface area contributed by atoms with E-state index in [1.54, 1.807) is 6.20 Å². The lowest BCUT2D eigenvalue weighted by molar-refractivity contribution is 0.392. The van der Waals surface area contributed by atoms with Crippen LogP contribution in [0.2, 0.25) is 0 Å². The number of aromatic nitrogens is 1. The van der Waals surface area contributed by atoms with Gasteiger partial charge in [0.1, 0.15) is 0 Å². The third kappa shape index (κ3) is 0.926. The Hall–Kier alpha value is -1.25. The van der Waals surface area contributed by atoms with Crippen molar-refractivity contribution < 1.29 is 4.52 Å². The molecule has 0 fully saturated rings. The van der Waals surface area contributed by atoms with Crippen molar-refractivity contribution in [1.29, 1.82) is 0 Å². The van der Waals surface area contributed by atoms with Gasteiger partial charge in [-0.1, -0.05) is 5.16 Å². The van der Waals surface area contributed by atoms with Crippen molar-refractivity contribution in [3.05, 3.63) is 23.7 Å². The van der Waals surface area contributed by atoms with Crippen LogP contribution in [0, 0.1) is 0 Å². The first-order valence-electron chi connectivity index (χ1n) is 3.60. The standard InChI is InChI=1S/C8H10N2O/c1-6-4-10(2)5-7-3-9-11-8(6)7/h3-4H,5H2,1-2H3. The highest BCUT2D eigenvalue weighted by Crippen LogP contribution is 2.24. The van der Waals surface area contributed by atoms with Gasteiger partial charge in [0, 0.05) is 30.9 Å². The van der Waals surface area contributed by atoms with Crippen molar-refractivity contribution in [2.75, 3.05) is 7.05 Å². The topological polar surface area (TPSA) is 29.3 Å². The number of allylic oxidation sites excluding steroid dienone is 1. The lowest BCUT2D eigenvalue weighted by atomic mass is 10.1. The SMILES string of the molecule is CC1=CN(C)Cc2cnoc21. The Morgan fingerprint density at radius 3 is 3.27 bits per heavy atom. The Bertz CT molecular complexity index is 301. The molecule has 1 aromatic rings. The van der Waals surface area contributed by atoms with Gasteiger partial charge in [0.15, 0.2) is 5.76 Å². The van der Waals surface area contributed by atoms with E-state index in [4.69, 9.17) is 4.52 Å². The first-order valence-corrected chi connectivity index (χ1v) is 3.60. The molecular weight excluding hydrogens is 140 g/mol. The molecule has 0 spiro atoms.